The van der Waals surface area contributed by atoms with Crippen LogP contribution in [0, 0.1) is 11.3 Å². The van der Waals surface area contributed by atoms with Gasteiger partial charge in [-0.2, -0.15) is 5.26 Å². The molecule has 0 heterocycles. The predicted molar refractivity (Wildman–Crippen MR) is 102 cm³/mol. The highest BCUT2D eigenvalue weighted by Gasteiger charge is 2.41. The molecule has 0 amide bonds. The van der Waals surface area contributed by atoms with Crippen molar-refractivity contribution in [1.82, 2.24) is 0 Å². The van der Waals surface area contributed by atoms with Gasteiger partial charge in [0.2, 0.25) is 0 Å². The molecular formula is C22H23NO4. The fourth-order valence-corrected chi connectivity index (χ4v) is 3.89. The van der Waals surface area contributed by atoms with Gasteiger partial charge >= 0.3 is 0 Å². The van der Waals surface area contributed by atoms with E-state index in [1.165, 1.54) is 7.11 Å². The number of hydrogen-bond donors (Lipinski definition) is 0. The van der Waals surface area contributed by atoms with Gasteiger partial charge in [-0.25, -0.2) is 0 Å². The molecule has 0 radical (unpaired) electrons. The Morgan fingerprint density at radius 3 is 2.33 bits per heavy atom. The van der Waals surface area contributed by atoms with Crippen molar-refractivity contribution in [3.8, 4) is 23.3 Å². The first-order valence-electron chi connectivity index (χ1n) is 8.75. The van der Waals surface area contributed by atoms with Crippen LogP contribution in [0.1, 0.15) is 53.2 Å². The number of fused-ring (bicyclic) bond motifs is 1. The molecular weight excluding hydrogens is 342 g/mol. The lowest BCUT2D eigenvalue weighted by Crippen LogP contribution is -2.33. The summed E-state index contributed by atoms with van der Waals surface area (Å²) in [6, 6.07) is 11.1. The highest BCUT2D eigenvalue weighted by Crippen LogP contribution is 2.47. The monoisotopic (exact) mass is 365 g/mol. The van der Waals surface area contributed by atoms with E-state index in [9.17, 15) is 10.1 Å². The van der Waals surface area contributed by atoms with Crippen LogP contribution in [0.2, 0.25) is 0 Å². The summed E-state index contributed by atoms with van der Waals surface area (Å²) in [5, 5.41) is 9.49. The summed E-state index contributed by atoms with van der Waals surface area (Å²) >= 11 is 0. The fraction of sp³-hybridized carbons (Fsp3) is 0.364. The van der Waals surface area contributed by atoms with Crippen molar-refractivity contribution in [1.29, 1.82) is 5.26 Å². The maximum absolute atomic E-state index is 13.4. The van der Waals surface area contributed by atoms with Crippen LogP contribution in [0.4, 0.5) is 0 Å². The number of nitrogens with zero attached hydrogens (tertiary/aromatic N) is 1. The van der Waals surface area contributed by atoms with Gasteiger partial charge in [0.15, 0.2) is 5.78 Å². The normalized spacial score (nSPS) is 17.6. The minimum absolute atomic E-state index is 0.0161. The van der Waals surface area contributed by atoms with E-state index in [1.807, 2.05) is 12.1 Å². The van der Waals surface area contributed by atoms with Gasteiger partial charge in [0.05, 0.1) is 32.8 Å². The average molecular weight is 365 g/mol. The second-order valence-corrected chi connectivity index (χ2v) is 7.33. The molecule has 0 spiro atoms. The predicted octanol–water partition coefficient (Wildman–Crippen LogP) is 4.23. The molecule has 140 valence electrons. The van der Waals surface area contributed by atoms with E-state index >= 15 is 0 Å². The van der Waals surface area contributed by atoms with Crippen LogP contribution < -0.4 is 14.2 Å². The fourth-order valence-electron chi connectivity index (χ4n) is 3.89. The Hall–Kier alpha value is -3.00. The summed E-state index contributed by atoms with van der Waals surface area (Å²) in [5.74, 6) is 1.30. The zero-order chi connectivity index (χ0) is 19.8. The number of carbonyl (C=O) groups excluding carboxylic acids is 1. The third-order valence-corrected chi connectivity index (χ3v) is 5.28. The molecule has 0 aromatic heterocycles. The van der Waals surface area contributed by atoms with E-state index in [0.29, 0.717) is 34.6 Å². The number of rotatable bonds is 4. The van der Waals surface area contributed by atoms with E-state index < -0.39 is 5.92 Å². The number of carbonyl (C=O) groups is 1. The van der Waals surface area contributed by atoms with E-state index in [-0.39, 0.29) is 11.2 Å². The van der Waals surface area contributed by atoms with Gasteiger partial charge < -0.3 is 14.2 Å². The summed E-state index contributed by atoms with van der Waals surface area (Å²) in [4.78, 5) is 13.4. The number of methoxy groups -OCH3 is 3. The van der Waals surface area contributed by atoms with Crippen molar-refractivity contribution in [2.45, 2.75) is 31.6 Å². The zero-order valence-corrected chi connectivity index (χ0v) is 16.3. The number of ketones is 1. The summed E-state index contributed by atoms with van der Waals surface area (Å²) in [6.07, 6.45) is 0.598. The molecule has 0 saturated heterocycles. The standard InChI is InChI=1S/C22H23NO4/c1-22(2)11-18(20(24)16-7-6-14(25-3)10-19(16)22)17-9-15(26-4)8-13(12-23)21(17)27-5/h6-10,18H,11H2,1-5H3. The Morgan fingerprint density at radius 1 is 1.04 bits per heavy atom. The molecule has 5 nitrogen and oxygen atoms in total. The molecule has 3 rings (SSSR count). The molecule has 0 bridgehead atoms. The molecule has 0 saturated carbocycles. The van der Waals surface area contributed by atoms with Crippen LogP contribution >= 0.6 is 0 Å². The number of benzene rings is 2. The molecule has 1 aliphatic rings. The Bertz CT molecular complexity index is 940. The van der Waals surface area contributed by atoms with E-state index in [0.717, 1.165) is 11.3 Å². The van der Waals surface area contributed by atoms with Crippen LogP contribution in [0.3, 0.4) is 0 Å². The molecule has 5 heteroatoms. The highest BCUT2D eigenvalue weighted by atomic mass is 16.5. The third kappa shape index (κ3) is 3.12. The first-order chi connectivity index (χ1) is 12.9. The van der Waals surface area contributed by atoms with Gasteiger partial charge in [0.25, 0.3) is 0 Å². The minimum Gasteiger partial charge on any atom is -0.497 e. The number of hydrogen-bond acceptors (Lipinski definition) is 5. The minimum atomic E-state index is -0.418. The second kappa shape index (κ2) is 6.96. The van der Waals surface area contributed by atoms with Crippen LogP contribution in [0.5, 0.6) is 17.2 Å². The molecule has 0 fully saturated rings. The lowest BCUT2D eigenvalue weighted by Gasteiger charge is -2.37. The van der Waals surface area contributed by atoms with Crippen LogP contribution in [0.25, 0.3) is 0 Å². The van der Waals surface area contributed by atoms with Crippen molar-refractivity contribution in [3.05, 3.63) is 52.6 Å². The Balaban J connectivity index is 2.19. The molecule has 1 aliphatic carbocycles. The number of ether oxygens (including phenoxy) is 3. The van der Waals surface area contributed by atoms with E-state index in [4.69, 9.17) is 14.2 Å². The first kappa shape index (κ1) is 18.8. The number of Topliss-reactive ketones (excluding diaryl/α,β-unsaturated/α-hetero) is 1. The van der Waals surface area contributed by atoms with Crippen molar-refractivity contribution in [2.24, 2.45) is 0 Å². The van der Waals surface area contributed by atoms with Gasteiger partial charge in [-0.3, -0.25) is 4.79 Å². The van der Waals surface area contributed by atoms with Crippen molar-refractivity contribution in [3.63, 3.8) is 0 Å². The Labute approximate surface area is 159 Å². The maximum Gasteiger partial charge on any atom is 0.170 e. The third-order valence-electron chi connectivity index (χ3n) is 5.28. The van der Waals surface area contributed by atoms with Crippen LogP contribution in [-0.2, 0) is 5.41 Å². The van der Waals surface area contributed by atoms with Crippen LogP contribution in [-0.4, -0.2) is 27.1 Å². The molecule has 1 unspecified atom stereocenters. The smallest absolute Gasteiger partial charge is 0.170 e. The second-order valence-electron chi connectivity index (χ2n) is 7.33. The topological polar surface area (TPSA) is 68.6 Å². The van der Waals surface area contributed by atoms with E-state index in [2.05, 4.69) is 19.9 Å². The zero-order valence-electron chi connectivity index (χ0n) is 16.3. The summed E-state index contributed by atoms with van der Waals surface area (Å²) in [7, 11) is 4.68. The molecule has 27 heavy (non-hydrogen) atoms. The van der Waals surface area contributed by atoms with Gasteiger partial charge in [-0.05, 0) is 41.7 Å². The quantitative estimate of drug-likeness (QED) is 0.811. The summed E-state index contributed by atoms with van der Waals surface area (Å²) < 4.78 is 16.2. The number of nitriles is 1. The van der Waals surface area contributed by atoms with Gasteiger partial charge in [0.1, 0.15) is 23.3 Å². The van der Waals surface area contributed by atoms with Crippen LogP contribution in [0.15, 0.2) is 30.3 Å². The molecule has 0 N–H and O–H groups in total. The molecule has 1 atom stereocenters. The van der Waals surface area contributed by atoms with E-state index in [1.54, 1.807) is 32.4 Å². The molecule has 2 aromatic carbocycles. The lowest BCUT2D eigenvalue weighted by molar-refractivity contribution is 0.0924. The van der Waals surface area contributed by atoms with Gasteiger partial charge in [-0.1, -0.05) is 13.8 Å². The first-order valence-corrected chi connectivity index (χ1v) is 8.75. The van der Waals surface area contributed by atoms with Gasteiger partial charge in [-0.15, -0.1) is 0 Å². The highest BCUT2D eigenvalue weighted by molar-refractivity contribution is 6.04. The lowest BCUT2D eigenvalue weighted by atomic mass is 9.66. The van der Waals surface area contributed by atoms with Crippen molar-refractivity contribution < 1.29 is 19.0 Å². The Kier molecular flexibility index (Phi) is 4.84. The summed E-state index contributed by atoms with van der Waals surface area (Å²) in [6.45, 7) is 4.23. The van der Waals surface area contributed by atoms with Crippen molar-refractivity contribution in [2.75, 3.05) is 21.3 Å². The molecule has 0 aliphatic heterocycles. The average Bonchev–Trinajstić information content (AvgIpc) is 2.69. The summed E-state index contributed by atoms with van der Waals surface area (Å²) in [5.41, 5.74) is 2.46. The largest absolute Gasteiger partial charge is 0.497 e. The SMILES string of the molecule is COc1cc(C#N)c(OC)c(C2CC(C)(C)c3cc(OC)ccc3C2=O)c1. The maximum atomic E-state index is 13.4. The van der Waals surface area contributed by atoms with Gasteiger partial charge in [0, 0.05) is 17.2 Å². The molecule has 2 aromatic rings. The van der Waals surface area contributed by atoms with Crippen molar-refractivity contribution >= 4 is 5.78 Å². The Morgan fingerprint density at radius 2 is 1.74 bits per heavy atom.